The lowest BCUT2D eigenvalue weighted by atomic mass is 10.1. The Labute approximate surface area is 134 Å². The first-order chi connectivity index (χ1) is 10.1. The number of anilines is 1. The molecule has 0 heterocycles. The Morgan fingerprint density at radius 1 is 1.18 bits per heavy atom. The summed E-state index contributed by atoms with van der Waals surface area (Å²) in [4.78, 5) is 35.0. The van der Waals surface area contributed by atoms with E-state index in [2.05, 4.69) is 15.4 Å². The summed E-state index contributed by atoms with van der Waals surface area (Å²) in [5.41, 5.74) is 0.0827. The molecule has 0 aliphatic heterocycles. The van der Waals surface area contributed by atoms with Gasteiger partial charge in [-0.2, -0.15) is 0 Å². The van der Waals surface area contributed by atoms with E-state index < -0.39 is 23.3 Å². The van der Waals surface area contributed by atoms with Crippen LogP contribution in [0.5, 0.6) is 0 Å². The van der Waals surface area contributed by atoms with Gasteiger partial charge in [0.1, 0.15) is 6.42 Å². The van der Waals surface area contributed by atoms with Gasteiger partial charge < -0.3 is 15.4 Å². The summed E-state index contributed by atoms with van der Waals surface area (Å²) in [7, 11) is 1.26. The zero-order valence-corrected chi connectivity index (χ0v) is 13.7. The van der Waals surface area contributed by atoms with Gasteiger partial charge >= 0.3 is 5.97 Å². The molecule has 0 radical (unpaired) electrons. The molecule has 1 aromatic rings. The molecule has 0 atom stereocenters. The van der Waals surface area contributed by atoms with Crippen LogP contribution in [-0.4, -0.2) is 30.4 Å². The normalized spacial score (nSPS) is 10.8. The number of hydrogen-bond acceptors (Lipinski definition) is 4. The third kappa shape index (κ3) is 5.73. The zero-order chi connectivity index (χ0) is 16.9. The minimum atomic E-state index is -0.544. The molecule has 0 aromatic heterocycles. The SMILES string of the molecule is COC(=O)c1ccc(Cl)c(NC(=O)CC(=O)NC(C)(C)C)c1. The Bertz CT molecular complexity index is 594. The fraction of sp³-hybridized carbons (Fsp3) is 0.400. The topological polar surface area (TPSA) is 84.5 Å². The van der Waals surface area contributed by atoms with E-state index in [1.165, 1.54) is 25.3 Å². The van der Waals surface area contributed by atoms with Gasteiger partial charge in [0.05, 0.1) is 23.4 Å². The van der Waals surface area contributed by atoms with E-state index in [0.717, 1.165) is 0 Å². The van der Waals surface area contributed by atoms with Crippen LogP contribution >= 0.6 is 11.6 Å². The molecular formula is C15H19ClN2O4. The van der Waals surface area contributed by atoms with Crippen LogP contribution in [0.15, 0.2) is 18.2 Å². The monoisotopic (exact) mass is 326 g/mol. The molecule has 120 valence electrons. The van der Waals surface area contributed by atoms with Gasteiger partial charge in [-0.05, 0) is 39.0 Å². The highest BCUT2D eigenvalue weighted by Gasteiger charge is 2.17. The standard InChI is InChI=1S/C15H19ClN2O4/c1-15(2,3)18-13(20)8-12(19)17-11-7-9(14(21)22-4)5-6-10(11)16/h5-7H,8H2,1-4H3,(H,17,19)(H,18,20). The van der Waals surface area contributed by atoms with Crippen molar-refractivity contribution in [2.75, 3.05) is 12.4 Å². The number of carbonyl (C=O) groups excluding carboxylic acids is 3. The van der Waals surface area contributed by atoms with Gasteiger partial charge in [0.15, 0.2) is 0 Å². The highest BCUT2D eigenvalue weighted by atomic mass is 35.5. The molecule has 0 aliphatic carbocycles. The number of nitrogens with one attached hydrogen (secondary N) is 2. The fourth-order valence-electron chi connectivity index (χ4n) is 1.67. The van der Waals surface area contributed by atoms with E-state index in [1.807, 2.05) is 20.8 Å². The maximum Gasteiger partial charge on any atom is 0.337 e. The molecule has 0 unspecified atom stereocenters. The summed E-state index contributed by atoms with van der Waals surface area (Å²) >= 11 is 5.96. The van der Waals surface area contributed by atoms with Crippen molar-refractivity contribution in [1.29, 1.82) is 0 Å². The first-order valence-electron chi connectivity index (χ1n) is 6.61. The summed E-state index contributed by atoms with van der Waals surface area (Å²) in [6.45, 7) is 5.46. The number of hydrogen-bond donors (Lipinski definition) is 2. The Hall–Kier alpha value is -2.08. The molecule has 6 nitrogen and oxygen atoms in total. The van der Waals surface area contributed by atoms with E-state index in [4.69, 9.17) is 11.6 Å². The molecule has 0 bridgehead atoms. The minimum absolute atomic E-state index is 0.248. The molecule has 1 aromatic carbocycles. The van der Waals surface area contributed by atoms with Crippen LogP contribution in [0.2, 0.25) is 5.02 Å². The van der Waals surface area contributed by atoms with Crippen molar-refractivity contribution in [1.82, 2.24) is 5.32 Å². The van der Waals surface area contributed by atoms with E-state index >= 15 is 0 Å². The first-order valence-corrected chi connectivity index (χ1v) is 6.99. The lowest BCUT2D eigenvalue weighted by molar-refractivity contribution is -0.127. The summed E-state index contributed by atoms with van der Waals surface area (Å²) < 4.78 is 4.60. The number of rotatable bonds is 4. The predicted molar refractivity (Wildman–Crippen MR) is 83.9 cm³/mol. The molecule has 0 spiro atoms. The van der Waals surface area contributed by atoms with Gasteiger partial charge in [0, 0.05) is 5.54 Å². The molecular weight excluding hydrogens is 308 g/mol. The van der Waals surface area contributed by atoms with E-state index in [-0.39, 0.29) is 22.7 Å². The van der Waals surface area contributed by atoms with Crippen molar-refractivity contribution in [3.05, 3.63) is 28.8 Å². The van der Waals surface area contributed by atoms with Crippen LogP contribution in [-0.2, 0) is 14.3 Å². The second-order valence-electron chi connectivity index (χ2n) is 5.71. The van der Waals surface area contributed by atoms with Gasteiger partial charge in [0.2, 0.25) is 11.8 Å². The smallest absolute Gasteiger partial charge is 0.337 e. The van der Waals surface area contributed by atoms with Gasteiger partial charge in [-0.1, -0.05) is 11.6 Å². The van der Waals surface area contributed by atoms with Gasteiger partial charge in [-0.15, -0.1) is 0 Å². The molecule has 7 heteroatoms. The summed E-state index contributed by atoms with van der Waals surface area (Å²) in [6, 6.07) is 4.35. The molecule has 22 heavy (non-hydrogen) atoms. The lowest BCUT2D eigenvalue weighted by Gasteiger charge is -2.20. The number of amides is 2. The first kappa shape index (κ1) is 18.0. The Morgan fingerprint density at radius 2 is 1.82 bits per heavy atom. The molecule has 0 fully saturated rings. The Kier molecular flexibility index (Phi) is 5.93. The molecule has 1 rings (SSSR count). The van der Waals surface area contributed by atoms with Gasteiger partial charge in [-0.25, -0.2) is 4.79 Å². The van der Waals surface area contributed by atoms with Crippen molar-refractivity contribution in [2.24, 2.45) is 0 Å². The summed E-state index contributed by atoms with van der Waals surface area (Å²) in [5, 5.41) is 5.45. The maximum atomic E-state index is 11.9. The van der Waals surface area contributed by atoms with Crippen molar-refractivity contribution in [2.45, 2.75) is 32.7 Å². The van der Waals surface area contributed by atoms with Crippen LogP contribution in [0.3, 0.4) is 0 Å². The van der Waals surface area contributed by atoms with Crippen molar-refractivity contribution in [3.8, 4) is 0 Å². The average Bonchev–Trinajstić information content (AvgIpc) is 2.37. The lowest BCUT2D eigenvalue weighted by Crippen LogP contribution is -2.41. The van der Waals surface area contributed by atoms with Crippen LogP contribution < -0.4 is 10.6 Å². The number of methoxy groups -OCH3 is 1. The molecule has 2 N–H and O–H groups in total. The highest BCUT2D eigenvalue weighted by molar-refractivity contribution is 6.34. The number of carbonyl (C=O) groups is 3. The maximum absolute atomic E-state index is 11.9. The van der Waals surface area contributed by atoms with Crippen LogP contribution in [0.1, 0.15) is 37.6 Å². The molecule has 0 saturated heterocycles. The van der Waals surface area contributed by atoms with E-state index in [9.17, 15) is 14.4 Å². The van der Waals surface area contributed by atoms with Gasteiger partial charge in [0.25, 0.3) is 0 Å². The van der Waals surface area contributed by atoms with Crippen molar-refractivity contribution in [3.63, 3.8) is 0 Å². The molecule has 2 amide bonds. The average molecular weight is 327 g/mol. The number of esters is 1. The molecule has 0 saturated carbocycles. The van der Waals surface area contributed by atoms with Crippen LogP contribution in [0.25, 0.3) is 0 Å². The number of benzene rings is 1. The van der Waals surface area contributed by atoms with Crippen molar-refractivity contribution < 1.29 is 19.1 Å². The zero-order valence-electron chi connectivity index (χ0n) is 13.0. The molecule has 0 aliphatic rings. The third-order valence-corrected chi connectivity index (χ3v) is 2.83. The minimum Gasteiger partial charge on any atom is -0.465 e. The van der Waals surface area contributed by atoms with E-state index in [0.29, 0.717) is 0 Å². The highest BCUT2D eigenvalue weighted by Crippen LogP contribution is 2.23. The van der Waals surface area contributed by atoms with Gasteiger partial charge in [-0.3, -0.25) is 9.59 Å². The fourth-order valence-corrected chi connectivity index (χ4v) is 1.83. The second kappa shape index (κ2) is 7.26. The largest absolute Gasteiger partial charge is 0.465 e. The van der Waals surface area contributed by atoms with Crippen molar-refractivity contribution >= 4 is 35.1 Å². The van der Waals surface area contributed by atoms with Crippen LogP contribution in [0, 0.1) is 0 Å². The Balaban J connectivity index is 2.76. The summed E-state index contributed by atoms with van der Waals surface area (Å²) in [6.07, 6.45) is -0.337. The Morgan fingerprint density at radius 3 is 2.36 bits per heavy atom. The van der Waals surface area contributed by atoms with E-state index in [1.54, 1.807) is 0 Å². The second-order valence-corrected chi connectivity index (χ2v) is 6.12. The van der Waals surface area contributed by atoms with Crippen LogP contribution in [0.4, 0.5) is 5.69 Å². The third-order valence-electron chi connectivity index (χ3n) is 2.50. The summed E-state index contributed by atoms with van der Waals surface area (Å²) in [5.74, 6) is -1.46. The predicted octanol–water partition coefficient (Wildman–Crippen LogP) is 2.37. The number of halogens is 1. The number of ether oxygens (including phenoxy) is 1. The quantitative estimate of drug-likeness (QED) is 0.657.